The molecule has 0 bridgehead atoms. The summed E-state index contributed by atoms with van der Waals surface area (Å²) >= 11 is 12.8. The van der Waals surface area contributed by atoms with Gasteiger partial charge >= 0.3 is 0 Å². The minimum absolute atomic E-state index is 0.120. The number of hydrogen-bond acceptors (Lipinski definition) is 5. The summed E-state index contributed by atoms with van der Waals surface area (Å²) < 4.78 is 7.19. The number of halogens is 2. The number of pyridine rings is 1. The van der Waals surface area contributed by atoms with Crippen LogP contribution >= 0.6 is 23.2 Å². The van der Waals surface area contributed by atoms with Crippen LogP contribution < -0.4 is 0 Å². The minimum Gasteiger partial charge on any atom is -0.330 e. The highest BCUT2D eigenvalue weighted by Gasteiger charge is 2.27. The van der Waals surface area contributed by atoms with Crippen LogP contribution in [0, 0.1) is 6.92 Å². The Morgan fingerprint density at radius 1 is 1.03 bits per heavy atom. The molecule has 0 unspecified atom stereocenters. The van der Waals surface area contributed by atoms with Crippen molar-refractivity contribution in [2.45, 2.75) is 13.5 Å². The Hall–Kier alpha value is -3.48. The smallest absolute Gasteiger partial charge is 0.299 e. The number of hydrogen-bond donors (Lipinski definition) is 0. The van der Waals surface area contributed by atoms with Crippen LogP contribution in [0.4, 0.5) is 0 Å². The second kappa shape index (κ2) is 8.22. The Bertz CT molecular complexity index is 1440. The summed E-state index contributed by atoms with van der Waals surface area (Å²) in [5.41, 5.74) is 3.90. The molecule has 0 aliphatic heterocycles. The summed E-state index contributed by atoms with van der Waals surface area (Å²) in [6.45, 7) is 2.45. The van der Waals surface area contributed by atoms with E-state index in [4.69, 9.17) is 27.7 Å². The molecule has 0 radical (unpaired) electrons. The van der Waals surface area contributed by atoms with E-state index in [0.717, 1.165) is 22.0 Å². The van der Waals surface area contributed by atoms with E-state index in [0.29, 0.717) is 33.7 Å². The summed E-state index contributed by atoms with van der Waals surface area (Å²) in [7, 11) is 0. The van der Waals surface area contributed by atoms with Gasteiger partial charge in [0.1, 0.15) is 5.15 Å². The molecule has 0 aliphatic carbocycles. The number of ketones is 1. The van der Waals surface area contributed by atoms with Gasteiger partial charge < -0.3 is 9.09 Å². The summed E-state index contributed by atoms with van der Waals surface area (Å²) in [6.07, 6.45) is 3.24. The molecule has 3 heterocycles. The van der Waals surface area contributed by atoms with E-state index in [-0.39, 0.29) is 5.89 Å². The molecular formula is C24H16Cl2N4O2. The maximum Gasteiger partial charge on any atom is 0.299 e. The van der Waals surface area contributed by atoms with Gasteiger partial charge in [-0.1, -0.05) is 52.1 Å². The lowest BCUT2D eigenvalue weighted by atomic mass is 10.1. The first-order valence-electron chi connectivity index (χ1n) is 9.83. The molecule has 2 aromatic carbocycles. The van der Waals surface area contributed by atoms with Gasteiger partial charge in [0, 0.05) is 34.9 Å². The van der Waals surface area contributed by atoms with Gasteiger partial charge in [0.15, 0.2) is 0 Å². The van der Waals surface area contributed by atoms with Crippen LogP contribution in [0.15, 0.2) is 71.5 Å². The lowest BCUT2D eigenvalue weighted by Crippen LogP contribution is -2.04. The lowest BCUT2D eigenvalue weighted by molar-refractivity contribution is 0.0995. The zero-order valence-electron chi connectivity index (χ0n) is 16.9. The largest absolute Gasteiger partial charge is 0.330 e. The van der Waals surface area contributed by atoms with E-state index in [1.165, 1.54) is 0 Å². The average molecular weight is 463 g/mol. The Labute approximate surface area is 193 Å². The predicted octanol–water partition coefficient (Wildman–Crippen LogP) is 5.98. The average Bonchev–Trinajstić information content (AvgIpc) is 3.39. The molecule has 0 saturated carbocycles. The Morgan fingerprint density at radius 2 is 1.78 bits per heavy atom. The fourth-order valence-corrected chi connectivity index (χ4v) is 4.09. The van der Waals surface area contributed by atoms with Crippen molar-refractivity contribution in [2.24, 2.45) is 0 Å². The molecule has 0 N–H and O–H groups in total. The molecule has 32 heavy (non-hydrogen) atoms. The molecular weight excluding hydrogens is 447 g/mol. The molecule has 8 heteroatoms. The van der Waals surface area contributed by atoms with Gasteiger partial charge in [0.25, 0.3) is 11.7 Å². The molecule has 5 aromatic rings. The third-order valence-corrected chi connectivity index (χ3v) is 5.84. The molecule has 0 amide bonds. The van der Waals surface area contributed by atoms with E-state index < -0.39 is 5.78 Å². The van der Waals surface area contributed by atoms with E-state index in [1.54, 1.807) is 24.5 Å². The van der Waals surface area contributed by atoms with E-state index in [2.05, 4.69) is 15.1 Å². The first-order chi connectivity index (χ1) is 15.5. The van der Waals surface area contributed by atoms with Crippen LogP contribution in [0.2, 0.25) is 10.2 Å². The van der Waals surface area contributed by atoms with Gasteiger partial charge in [-0.3, -0.25) is 9.78 Å². The zero-order valence-corrected chi connectivity index (χ0v) is 18.4. The van der Waals surface area contributed by atoms with Crippen LogP contribution in [-0.4, -0.2) is 25.5 Å². The third kappa shape index (κ3) is 3.68. The van der Waals surface area contributed by atoms with Crippen LogP contribution in [0.25, 0.3) is 22.3 Å². The molecule has 0 fully saturated rings. The van der Waals surface area contributed by atoms with Gasteiger partial charge in [0.2, 0.25) is 5.82 Å². The van der Waals surface area contributed by atoms with E-state index in [1.807, 2.05) is 54.0 Å². The summed E-state index contributed by atoms with van der Waals surface area (Å²) in [5, 5.41) is 5.65. The second-order valence-corrected chi connectivity index (χ2v) is 8.18. The molecule has 0 atom stereocenters. The summed E-state index contributed by atoms with van der Waals surface area (Å²) in [6, 6.07) is 16.9. The monoisotopic (exact) mass is 462 g/mol. The Kier molecular flexibility index (Phi) is 5.25. The number of carbonyl (C=O) groups is 1. The zero-order chi connectivity index (χ0) is 22.2. The van der Waals surface area contributed by atoms with Gasteiger partial charge in [-0.2, -0.15) is 4.98 Å². The maximum atomic E-state index is 13.4. The van der Waals surface area contributed by atoms with E-state index >= 15 is 0 Å². The SMILES string of the molecule is Cc1ccc2c(c1)c(C(=O)c1nc(-c3ccncc3)no1)c(Cl)n2Cc1ccc(Cl)cc1. The lowest BCUT2D eigenvalue weighted by Gasteiger charge is -2.08. The van der Waals surface area contributed by atoms with Crippen LogP contribution in [0.1, 0.15) is 27.4 Å². The molecule has 3 aromatic heterocycles. The topological polar surface area (TPSA) is 73.8 Å². The molecule has 0 saturated heterocycles. The fraction of sp³-hybridized carbons (Fsp3) is 0.0833. The number of nitrogens with zero attached hydrogens (tertiary/aromatic N) is 4. The van der Waals surface area contributed by atoms with Crippen molar-refractivity contribution in [3.63, 3.8) is 0 Å². The number of rotatable bonds is 5. The first kappa shape index (κ1) is 20.4. The van der Waals surface area contributed by atoms with Crippen molar-refractivity contribution in [1.82, 2.24) is 19.7 Å². The van der Waals surface area contributed by atoms with Crippen molar-refractivity contribution in [1.29, 1.82) is 0 Å². The maximum absolute atomic E-state index is 13.4. The third-order valence-electron chi connectivity index (χ3n) is 5.20. The van der Waals surface area contributed by atoms with E-state index in [9.17, 15) is 4.79 Å². The molecule has 0 aliphatic rings. The number of aromatic nitrogens is 4. The highest BCUT2D eigenvalue weighted by atomic mass is 35.5. The van der Waals surface area contributed by atoms with Crippen molar-refractivity contribution in [2.75, 3.05) is 0 Å². The highest BCUT2D eigenvalue weighted by molar-refractivity contribution is 6.36. The predicted molar refractivity (Wildman–Crippen MR) is 123 cm³/mol. The normalized spacial score (nSPS) is 11.2. The van der Waals surface area contributed by atoms with Gasteiger partial charge in [0.05, 0.1) is 11.1 Å². The molecule has 6 nitrogen and oxygen atoms in total. The number of fused-ring (bicyclic) bond motifs is 1. The number of carbonyl (C=O) groups excluding carboxylic acids is 1. The van der Waals surface area contributed by atoms with Crippen molar-refractivity contribution in [3.8, 4) is 11.4 Å². The van der Waals surface area contributed by atoms with Crippen molar-refractivity contribution in [3.05, 3.63) is 99.7 Å². The standard InChI is InChI=1S/C24H16Cl2N4O2/c1-14-2-7-19-18(12-14)20(22(26)30(19)13-15-3-5-17(25)6-4-15)21(31)24-28-23(29-32-24)16-8-10-27-11-9-16/h2-12H,13H2,1H3. The fourth-order valence-electron chi connectivity index (χ4n) is 3.62. The van der Waals surface area contributed by atoms with Gasteiger partial charge in [-0.05, 0) is 48.9 Å². The Balaban J connectivity index is 1.60. The van der Waals surface area contributed by atoms with Crippen molar-refractivity contribution < 1.29 is 9.32 Å². The van der Waals surface area contributed by atoms with Gasteiger partial charge in [-0.25, -0.2) is 0 Å². The van der Waals surface area contributed by atoms with Gasteiger partial charge in [-0.15, -0.1) is 0 Å². The highest BCUT2D eigenvalue weighted by Crippen LogP contribution is 2.33. The molecule has 0 spiro atoms. The van der Waals surface area contributed by atoms with Crippen molar-refractivity contribution >= 4 is 39.9 Å². The quantitative estimate of drug-likeness (QED) is 0.300. The minimum atomic E-state index is -0.423. The number of aryl methyl sites for hydroxylation is 1. The number of benzene rings is 2. The van der Waals surface area contributed by atoms with Crippen LogP contribution in [-0.2, 0) is 6.54 Å². The second-order valence-electron chi connectivity index (χ2n) is 7.39. The molecule has 158 valence electrons. The Morgan fingerprint density at radius 3 is 2.53 bits per heavy atom. The summed E-state index contributed by atoms with van der Waals surface area (Å²) in [4.78, 5) is 21.7. The summed E-state index contributed by atoms with van der Waals surface area (Å²) in [5.74, 6) is -0.230. The molecule has 5 rings (SSSR count). The first-order valence-corrected chi connectivity index (χ1v) is 10.6. The van der Waals surface area contributed by atoms with Crippen LogP contribution in [0.5, 0.6) is 0 Å². The van der Waals surface area contributed by atoms with Crippen LogP contribution in [0.3, 0.4) is 0 Å².